The highest BCUT2D eigenvalue weighted by atomic mass is 35.5. The zero-order chi connectivity index (χ0) is 6.85. The molecule has 1 aliphatic rings. The Kier molecular flexibility index (Phi) is 3.42. The summed E-state index contributed by atoms with van der Waals surface area (Å²) >= 11 is 0. The van der Waals surface area contributed by atoms with Gasteiger partial charge in [0.25, 0.3) is 0 Å². The summed E-state index contributed by atoms with van der Waals surface area (Å²) in [5.41, 5.74) is 4.84. The van der Waals surface area contributed by atoms with Gasteiger partial charge >= 0.3 is 6.03 Å². The summed E-state index contributed by atoms with van der Waals surface area (Å²) in [6.45, 7) is 0.469. The Bertz CT molecular complexity index is 133. The monoisotopic (exact) mass is 168 g/mol. The summed E-state index contributed by atoms with van der Waals surface area (Å²) in [5.74, 6) is 0. The number of hydrogen-bond donors (Lipinski definition) is 1. The van der Waals surface area contributed by atoms with Gasteiger partial charge in [-0.1, -0.05) is 0 Å². The van der Waals surface area contributed by atoms with Gasteiger partial charge in [0.15, 0.2) is 6.30 Å². The van der Waals surface area contributed by atoms with Crippen molar-refractivity contribution in [3.8, 4) is 0 Å². The van der Waals surface area contributed by atoms with Crippen LogP contribution in [0.2, 0.25) is 0 Å². The molecule has 3 nitrogen and oxygen atoms in total. The Morgan fingerprint density at radius 3 is 2.50 bits per heavy atom. The summed E-state index contributed by atoms with van der Waals surface area (Å²) < 4.78 is 12.5. The molecule has 0 bridgehead atoms. The van der Waals surface area contributed by atoms with E-state index < -0.39 is 12.3 Å². The fourth-order valence-electron chi connectivity index (χ4n) is 0.974. The van der Waals surface area contributed by atoms with E-state index in [0.29, 0.717) is 13.0 Å². The molecule has 1 fully saturated rings. The highest BCUT2D eigenvalue weighted by Gasteiger charge is 2.25. The molecule has 0 aliphatic carbocycles. The standard InChI is InChI=1S/C5H9FN2O.ClH/c6-4-2-1-3-8(4)5(7)9;/h4H,1-3H2,(H2,7,9);1H. The first-order valence-corrected chi connectivity index (χ1v) is 2.92. The van der Waals surface area contributed by atoms with Crippen molar-refractivity contribution in [1.82, 2.24) is 4.90 Å². The molecule has 1 saturated heterocycles. The van der Waals surface area contributed by atoms with Crippen LogP contribution >= 0.6 is 12.4 Å². The van der Waals surface area contributed by atoms with Crippen LogP contribution in [0.25, 0.3) is 0 Å². The first-order chi connectivity index (χ1) is 4.22. The van der Waals surface area contributed by atoms with Crippen LogP contribution in [0, 0.1) is 0 Å². The van der Waals surface area contributed by atoms with Gasteiger partial charge in [0.1, 0.15) is 0 Å². The van der Waals surface area contributed by atoms with E-state index in [-0.39, 0.29) is 12.4 Å². The van der Waals surface area contributed by atoms with E-state index in [9.17, 15) is 9.18 Å². The summed E-state index contributed by atoms with van der Waals surface area (Å²) in [7, 11) is 0. The highest BCUT2D eigenvalue weighted by molar-refractivity contribution is 5.85. The molecule has 1 aliphatic heterocycles. The van der Waals surface area contributed by atoms with Gasteiger partial charge in [-0.2, -0.15) is 0 Å². The highest BCUT2D eigenvalue weighted by Crippen LogP contribution is 2.16. The molecule has 2 amide bonds. The van der Waals surface area contributed by atoms with E-state index in [1.165, 1.54) is 0 Å². The van der Waals surface area contributed by atoms with Crippen molar-refractivity contribution >= 4 is 18.4 Å². The van der Waals surface area contributed by atoms with Gasteiger partial charge in [0.2, 0.25) is 0 Å². The number of nitrogens with zero attached hydrogens (tertiary/aromatic N) is 1. The molecule has 0 saturated carbocycles. The van der Waals surface area contributed by atoms with E-state index in [2.05, 4.69) is 0 Å². The molecule has 1 heterocycles. The van der Waals surface area contributed by atoms with Crippen LogP contribution in [0.5, 0.6) is 0 Å². The largest absolute Gasteiger partial charge is 0.351 e. The average molecular weight is 169 g/mol. The maximum Gasteiger partial charge on any atom is 0.317 e. The van der Waals surface area contributed by atoms with Crippen molar-refractivity contribution in [2.24, 2.45) is 5.73 Å². The summed E-state index contributed by atoms with van der Waals surface area (Å²) in [5, 5.41) is 0. The molecular weight excluding hydrogens is 159 g/mol. The van der Waals surface area contributed by atoms with Crippen LogP contribution in [0.4, 0.5) is 9.18 Å². The molecule has 0 aromatic heterocycles. The van der Waals surface area contributed by atoms with Crippen molar-refractivity contribution in [2.75, 3.05) is 6.54 Å². The van der Waals surface area contributed by atoms with E-state index in [4.69, 9.17) is 5.73 Å². The SMILES string of the molecule is Cl.NC(=O)N1CCCC1F. The lowest BCUT2D eigenvalue weighted by molar-refractivity contribution is 0.145. The van der Waals surface area contributed by atoms with E-state index in [0.717, 1.165) is 11.3 Å². The lowest BCUT2D eigenvalue weighted by atomic mass is 10.4. The van der Waals surface area contributed by atoms with Crippen LogP contribution in [0.1, 0.15) is 12.8 Å². The van der Waals surface area contributed by atoms with Crippen LogP contribution in [-0.4, -0.2) is 23.8 Å². The van der Waals surface area contributed by atoms with Crippen LogP contribution in [-0.2, 0) is 0 Å². The summed E-state index contributed by atoms with van der Waals surface area (Å²) in [6.07, 6.45) is 0.0232. The van der Waals surface area contributed by atoms with Gasteiger partial charge < -0.3 is 5.73 Å². The molecule has 2 N–H and O–H groups in total. The maximum absolute atomic E-state index is 12.5. The van der Waals surface area contributed by atoms with Crippen molar-refractivity contribution < 1.29 is 9.18 Å². The predicted octanol–water partition coefficient (Wildman–Crippen LogP) is 0.878. The fraction of sp³-hybridized carbons (Fsp3) is 0.800. The van der Waals surface area contributed by atoms with Gasteiger partial charge in [0.05, 0.1) is 0 Å². The molecule has 0 aromatic carbocycles. The van der Waals surface area contributed by atoms with E-state index in [1.54, 1.807) is 0 Å². The Morgan fingerprint density at radius 1 is 1.70 bits per heavy atom. The molecule has 5 heteroatoms. The molecule has 1 rings (SSSR count). The number of carbonyl (C=O) groups is 1. The third-order valence-electron chi connectivity index (χ3n) is 1.46. The predicted molar refractivity (Wildman–Crippen MR) is 37.7 cm³/mol. The molecule has 60 valence electrons. The zero-order valence-corrected chi connectivity index (χ0v) is 6.23. The van der Waals surface area contributed by atoms with Crippen molar-refractivity contribution in [3.63, 3.8) is 0 Å². The Labute approximate surface area is 64.8 Å². The van der Waals surface area contributed by atoms with E-state index in [1.807, 2.05) is 0 Å². The van der Waals surface area contributed by atoms with Gasteiger partial charge in [0, 0.05) is 6.54 Å². The number of likely N-dealkylation sites (tertiary alicyclic amines) is 1. The third kappa shape index (κ3) is 1.73. The number of primary amides is 1. The quantitative estimate of drug-likeness (QED) is 0.537. The maximum atomic E-state index is 12.5. The zero-order valence-electron chi connectivity index (χ0n) is 5.42. The second kappa shape index (κ2) is 3.61. The average Bonchev–Trinajstić information content (AvgIpc) is 2.13. The van der Waals surface area contributed by atoms with Gasteiger partial charge in [-0.3, -0.25) is 4.90 Å². The Morgan fingerprint density at radius 2 is 2.30 bits per heavy atom. The second-order valence-electron chi connectivity index (χ2n) is 2.11. The second-order valence-corrected chi connectivity index (χ2v) is 2.11. The normalized spacial score (nSPS) is 24.1. The molecule has 10 heavy (non-hydrogen) atoms. The minimum absolute atomic E-state index is 0. The van der Waals surface area contributed by atoms with Crippen LogP contribution < -0.4 is 5.73 Å². The molecule has 0 radical (unpaired) electrons. The van der Waals surface area contributed by atoms with Crippen LogP contribution in [0.3, 0.4) is 0 Å². The molecule has 0 aromatic rings. The number of halogens is 2. The van der Waals surface area contributed by atoms with Gasteiger partial charge in [-0.15, -0.1) is 12.4 Å². The third-order valence-corrected chi connectivity index (χ3v) is 1.46. The number of amides is 2. The van der Waals surface area contributed by atoms with Gasteiger partial charge in [-0.25, -0.2) is 9.18 Å². The number of carbonyl (C=O) groups excluding carboxylic acids is 1. The minimum atomic E-state index is -1.14. The lowest BCUT2D eigenvalue weighted by Crippen LogP contribution is -2.37. The van der Waals surface area contributed by atoms with Crippen molar-refractivity contribution in [3.05, 3.63) is 0 Å². The number of urea groups is 1. The fourth-order valence-corrected chi connectivity index (χ4v) is 0.974. The minimum Gasteiger partial charge on any atom is -0.351 e. The Hall–Kier alpha value is -0.510. The smallest absolute Gasteiger partial charge is 0.317 e. The summed E-state index contributed by atoms with van der Waals surface area (Å²) in [6, 6.07) is -0.653. The number of rotatable bonds is 0. The lowest BCUT2D eigenvalue weighted by Gasteiger charge is -2.14. The topological polar surface area (TPSA) is 46.3 Å². The first kappa shape index (κ1) is 9.49. The van der Waals surface area contributed by atoms with Gasteiger partial charge in [-0.05, 0) is 12.8 Å². The van der Waals surface area contributed by atoms with Crippen LogP contribution in [0.15, 0.2) is 0 Å². The van der Waals surface area contributed by atoms with E-state index >= 15 is 0 Å². The van der Waals surface area contributed by atoms with Crippen molar-refractivity contribution in [2.45, 2.75) is 19.1 Å². The summed E-state index contributed by atoms with van der Waals surface area (Å²) in [4.78, 5) is 11.4. The molecule has 0 spiro atoms. The van der Waals surface area contributed by atoms with Crippen molar-refractivity contribution in [1.29, 1.82) is 0 Å². The Balaban J connectivity index is 0.000000810. The molecular formula is C5H10ClFN2O. The molecule has 1 unspecified atom stereocenters. The number of nitrogens with two attached hydrogens (primary N) is 1. The molecule has 1 atom stereocenters. The number of alkyl halides is 1. The first-order valence-electron chi connectivity index (χ1n) is 2.92. The number of hydrogen-bond acceptors (Lipinski definition) is 1.